The van der Waals surface area contributed by atoms with Crippen molar-refractivity contribution >= 4 is 23.9 Å². The summed E-state index contributed by atoms with van der Waals surface area (Å²) in [7, 11) is 0. The van der Waals surface area contributed by atoms with E-state index < -0.39 is 0 Å². The maximum atomic E-state index is 12.3. The van der Waals surface area contributed by atoms with Gasteiger partial charge in [-0.1, -0.05) is 19.8 Å². The Bertz CT molecular complexity index is 842. The Balaban J connectivity index is 1.69. The smallest absolute Gasteiger partial charge is 0.220 e. The number of aromatic nitrogens is 3. The SMILES string of the molecule is CCCCCOc1ccc(C(=O)CCC(=O)NCCc2n[nH]c(=S)n2CC)cc1. The number of rotatable bonds is 13. The summed E-state index contributed by atoms with van der Waals surface area (Å²) < 4.78 is 8.12. The molecule has 0 radical (unpaired) electrons. The van der Waals surface area contributed by atoms with Crippen molar-refractivity contribution in [1.29, 1.82) is 0 Å². The molecule has 1 aromatic heterocycles. The first-order chi connectivity index (χ1) is 14.0. The number of carbonyl (C=O) groups is 2. The molecular formula is C21H30N4O3S. The molecule has 1 aromatic carbocycles. The van der Waals surface area contributed by atoms with Crippen LogP contribution in [0.3, 0.4) is 0 Å². The highest BCUT2D eigenvalue weighted by Crippen LogP contribution is 2.14. The van der Waals surface area contributed by atoms with E-state index in [1.807, 2.05) is 11.5 Å². The summed E-state index contributed by atoms with van der Waals surface area (Å²) in [5.41, 5.74) is 0.595. The van der Waals surface area contributed by atoms with E-state index in [2.05, 4.69) is 22.4 Å². The van der Waals surface area contributed by atoms with E-state index in [4.69, 9.17) is 17.0 Å². The number of hydrogen-bond acceptors (Lipinski definition) is 5. The van der Waals surface area contributed by atoms with Crippen LogP contribution in [0, 0.1) is 4.77 Å². The minimum absolute atomic E-state index is 0.0513. The van der Waals surface area contributed by atoms with E-state index in [0.29, 0.717) is 29.9 Å². The molecule has 0 fully saturated rings. The maximum absolute atomic E-state index is 12.3. The number of aromatic amines is 1. The van der Waals surface area contributed by atoms with Crippen LogP contribution in [0.4, 0.5) is 0 Å². The van der Waals surface area contributed by atoms with Gasteiger partial charge in [-0.05, 0) is 49.8 Å². The lowest BCUT2D eigenvalue weighted by Gasteiger charge is -2.07. The normalized spacial score (nSPS) is 10.7. The van der Waals surface area contributed by atoms with Crippen LogP contribution in [0.2, 0.25) is 0 Å². The van der Waals surface area contributed by atoms with E-state index in [0.717, 1.165) is 37.4 Å². The summed E-state index contributed by atoms with van der Waals surface area (Å²) in [6, 6.07) is 7.12. The van der Waals surface area contributed by atoms with Crippen LogP contribution in [0.1, 0.15) is 62.1 Å². The standard InChI is InChI=1S/C21H30N4O3S/c1-3-5-6-15-28-17-9-7-16(8-10-17)18(26)11-12-20(27)22-14-13-19-23-24-21(29)25(19)4-2/h7-10H,3-6,11-15H2,1-2H3,(H,22,27)(H,24,29). The van der Waals surface area contributed by atoms with Crippen molar-refractivity contribution in [3.05, 3.63) is 40.4 Å². The zero-order valence-corrected chi connectivity index (χ0v) is 18.0. The average molecular weight is 419 g/mol. The lowest BCUT2D eigenvalue weighted by Crippen LogP contribution is -2.26. The molecule has 0 unspecified atom stereocenters. The van der Waals surface area contributed by atoms with E-state index in [1.165, 1.54) is 0 Å². The Morgan fingerprint density at radius 1 is 1.17 bits per heavy atom. The monoisotopic (exact) mass is 418 g/mol. The Morgan fingerprint density at radius 2 is 1.93 bits per heavy atom. The Morgan fingerprint density at radius 3 is 2.62 bits per heavy atom. The molecule has 2 N–H and O–H groups in total. The summed E-state index contributed by atoms with van der Waals surface area (Å²) in [6.07, 6.45) is 4.25. The van der Waals surface area contributed by atoms with Gasteiger partial charge in [0.2, 0.25) is 5.91 Å². The number of amides is 1. The van der Waals surface area contributed by atoms with Gasteiger partial charge in [0.05, 0.1) is 6.61 Å². The second-order valence-electron chi connectivity index (χ2n) is 6.79. The third-order valence-electron chi connectivity index (χ3n) is 4.60. The van der Waals surface area contributed by atoms with Gasteiger partial charge < -0.3 is 14.6 Å². The van der Waals surface area contributed by atoms with Gasteiger partial charge in [-0.15, -0.1) is 0 Å². The third kappa shape index (κ3) is 7.45. The molecule has 1 heterocycles. The lowest BCUT2D eigenvalue weighted by atomic mass is 10.1. The van der Waals surface area contributed by atoms with Crippen LogP contribution in [0.15, 0.2) is 24.3 Å². The number of ether oxygens (including phenoxy) is 1. The predicted molar refractivity (Wildman–Crippen MR) is 115 cm³/mol. The highest BCUT2D eigenvalue weighted by molar-refractivity contribution is 7.71. The molecular weight excluding hydrogens is 388 g/mol. The van der Waals surface area contributed by atoms with Crippen molar-refractivity contribution in [2.24, 2.45) is 0 Å². The van der Waals surface area contributed by atoms with Gasteiger partial charge in [0.15, 0.2) is 10.6 Å². The van der Waals surface area contributed by atoms with E-state index in [1.54, 1.807) is 24.3 Å². The van der Waals surface area contributed by atoms with Crippen LogP contribution < -0.4 is 10.1 Å². The van der Waals surface area contributed by atoms with Crippen molar-refractivity contribution in [2.45, 2.75) is 58.9 Å². The summed E-state index contributed by atoms with van der Waals surface area (Å²) in [4.78, 5) is 24.3. The number of Topliss-reactive ketones (excluding diaryl/α,β-unsaturated/α-hetero) is 1. The van der Waals surface area contributed by atoms with Gasteiger partial charge in [-0.2, -0.15) is 5.10 Å². The number of ketones is 1. The van der Waals surface area contributed by atoms with E-state index in [9.17, 15) is 9.59 Å². The molecule has 1 amide bonds. The Hall–Kier alpha value is -2.48. The van der Waals surface area contributed by atoms with Crippen molar-refractivity contribution < 1.29 is 14.3 Å². The average Bonchev–Trinajstić information content (AvgIpc) is 3.09. The minimum atomic E-state index is -0.147. The Labute approximate surface area is 176 Å². The quantitative estimate of drug-likeness (QED) is 0.293. The van der Waals surface area contributed by atoms with E-state index in [-0.39, 0.29) is 24.5 Å². The van der Waals surface area contributed by atoms with Gasteiger partial charge in [-0.3, -0.25) is 14.7 Å². The maximum Gasteiger partial charge on any atom is 0.220 e. The second-order valence-corrected chi connectivity index (χ2v) is 7.18. The van der Waals surface area contributed by atoms with Crippen molar-refractivity contribution in [2.75, 3.05) is 13.2 Å². The molecule has 158 valence electrons. The van der Waals surface area contributed by atoms with Gasteiger partial charge in [0.1, 0.15) is 11.6 Å². The van der Waals surface area contributed by atoms with Crippen LogP contribution in [-0.2, 0) is 17.8 Å². The molecule has 0 bridgehead atoms. The molecule has 8 heteroatoms. The first-order valence-electron chi connectivity index (χ1n) is 10.2. The molecule has 0 saturated carbocycles. The van der Waals surface area contributed by atoms with Gasteiger partial charge in [0, 0.05) is 37.9 Å². The second kappa shape index (κ2) is 12.2. The molecule has 0 atom stereocenters. The fourth-order valence-electron chi connectivity index (χ4n) is 2.92. The molecule has 0 aliphatic heterocycles. The Kier molecular flexibility index (Phi) is 9.56. The number of hydrogen-bond donors (Lipinski definition) is 2. The highest BCUT2D eigenvalue weighted by atomic mass is 32.1. The molecule has 0 aliphatic rings. The zero-order chi connectivity index (χ0) is 21.1. The van der Waals surface area contributed by atoms with Crippen LogP contribution >= 0.6 is 12.2 Å². The molecule has 29 heavy (non-hydrogen) atoms. The van der Waals surface area contributed by atoms with Gasteiger partial charge in [0.25, 0.3) is 0 Å². The number of nitrogens with one attached hydrogen (secondary N) is 2. The summed E-state index contributed by atoms with van der Waals surface area (Å²) in [5, 5.41) is 9.75. The minimum Gasteiger partial charge on any atom is -0.494 e. The topological polar surface area (TPSA) is 89.0 Å². The van der Waals surface area contributed by atoms with E-state index >= 15 is 0 Å². The van der Waals surface area contributed by atoms with Crippen molar-refractivity contribution in [3.63, 3.8) is 0 Å². The number of unbranched alkanes of at least 4 members (excludes halogenated alkanes) is 2. The van der Waals surface area contributed by atoms with Gasteiger partial charge in [-0.25, -0.2) is 0 Å². The van der Waals surface area contributed by atoms with Crippen LogP contribution in [0.25, 0.3) is 0 Å². The van der Waals surface area contributed by atoms with Crippen LogP contribution in [-0.4, -0.2) is 39.6 Å². The molecule has 0 spiro atoms. The first kappa shape index (κ1) is 22.8. The fraction of sp³-hybridized carbons (Fsp3) is 0.524. The zero-order valence-electron chi connectivity index (χ0n) is 17.2. The molecule has 7 nitrogen and oxygen atoms in total. The lowest BCUT2D eigenvalue weighted by molar-refractivity contribution is -0.121. The van der Waals surface area contributed by atoms with Crippen molar-refractivity contribution in [1.82, 2.24) is 20.1 Å². The largest absolute Gasteiger partial charge is 0.494 e. The third-order valence-corrected chi connectivity index (χ3v) is 4.91. The number of H-pyrrole nitrogens is 1. The molecule has 2 rings (SSSR count). The number of benzene rings is 1. The molecule has 2 aromatic rings. The summed E-state index contributed by atoms with van der Waals surface area (Å²) in [6.45, 7) is 6.01. The number of nitrogens with zero attached hydrogens (tertiary/aromatic N) is 2. The predicted octanol–water partition coefficient (Wildman–Crippen LogP) is 3.85. The van der Waals surface area contributed by atoms with Crippen molar-refractivity contribution in [3.8, 4) is 5.75 Å². The van der Waals surface area contributed by atoms with Crippen LogP contribution in [0.5, 0.6) is 5.75 Å². The molecule has 0 saturated heterocycles. The molecule has 0 aliphatic carbocycles. The summed E-state index contributed by atoms with van der Waals surface area (Å²) in [5.74, 6) is 1.38. The highest BCUT2D eigenvalue weighted by Gasteiger charge is 2.10. The summed E-state index contributed by atoms with van der Waals surface area (Å²) >= 11 is 5.14. The fourth-order valence-corrected chi connectivity index (χ4v) is 3.20. The first-order valence-corrected chi connectivity index (χ1v) is 10.6. The number of carbonyl (C=O) groups excluding carboxylic acids is 2. The van der Waals surface area contributed by atoms with Gasteiger partial charge >= 0.3 is 0 Å².